The summed E-state index contributed by atoms with van der Waals surface area (Å²) in [6.07, 6.45) is -3.47. The average Bonchev–Trinajstić information content (AvgIpc) is 2.79. The Kier molecular flexibility index (Phi) is 7.18. The fourth-order valence-corrected chi connectivity index (χ4v) is 4.22. The highest BCUT2D eigenvalue weighted by Crippen LogP contribution is 2.31. The van der Waals surface area contributed by atoms with Crippen LogP contribution in [0.2, 0.25) is 5.02 Å². The molecule has 0 saturated heterocycles. The molecule has 0 bridgehead atoms. The summed E-state index contributed by atoms with van der Waals surface area (Å²) in [6.45, 7) is 3.34. The molecule has 2 N–H and O–H groups in total. The quantitative estimate of drug-likeness (QED) is 0.326. The monoisotopic (exact) mass is 517 g/mol. The number of halogens is 4. The molecule has 11 heteroatoms. The van der Waals surface area contributed by atoms with E-state index in [4.69, 9.17) is 16.3 Å². The van der Waals surface area contributed by atoms with Gasteiger partial charge in [-0.15, -0.1) is 0 Å². The third kappa shape index (κ3) is 5.29. The molecule has 0 unspecified atom stereocenters. The minimum absolute atomic E-state index is 0.0291. The zero-order valence-corrected chi connectivity index (χ0v) is 20.5. The molecule has 0 amide bonds. The molecule has 7 nitrogen and oxygen atoms in total. The molecule has 0 aliphatic rings. The summed E-state index contributed by atoms with van der Waals surface area (Å²) in [6, 6.07) is 11.0. The number of nitrogens with zero attached hydrogens (tertiary/aromatic N) is 3. The van der Waals surface area contributed by atoms with Gasteiger partial charge < -0.3 is 14.7 Å². The third-order valence-corrected chi connectivity index (χ3v) is 5.83. The lowest BCUT2D eigenvalue weighted by molar-refractivity contribution is -0.138. The number of pyridine rings is 3. The summed E-state index contributed by atoms with van der Waals surface area (Å²) in [5.74, 6) is 0.495. The predicted octanol–water partition coefficient (Wildman–Crippen LogP) is 5.25. The lowest BCUT2D eigenvalue weighted by Gasteiger charge is -2.16. The number of benzene rings is 1. The lowest BCUT2D eigenvalue weighted by Crippen LogP contribution is -2.29. The molecule has 0 fully saturated rings. The Morgan fingerprint density at radius 3 is 2.56 bits per heavy atom. The molecule has 3 heterocycles. The van der Waals surface area contributed by atoms with Crippen molar-refractivity contribution in [3.63, 3.8) is 0 Å². The van der Waals surface area contributed by atoms with Crippen LogP contribution >= 0.6 is 11.6 Å². The second-order valence-corrected chi connectivity index (χ2v) is 8.56. The Hall–Kier alpha value is -3.63. The largest absolute Gasteiger partial charge is 0.486 e. The van der Waals surface area contributed by atoms with E-state index in [1.54, 1.807) is 26.1 Å². The number of anilines is 1. The van der Waals surface area contributed by atoms with Crippen molar-refractivity contribution in [2.45, 2.75) is 33.2 Å². The van der Waals surface area contributed by atoms with Crippen molar-refractivity contribution in [1.82, 2.24) is 20.0 Å². The van der Waals surface area contributed by atoms with E-state index in [2.05, 4.69) is 20.8 Å². The lowest BCUT2D eigenvalue weighted by atomic mass is 10.1. The number of hydrazine groups is 1. The molecule has 0 spiro atoms. The maximum absolute atomic E-state index is 13.2. The van der Waals surface area contributed by atoms with E-state index in [1.807, 2.05) is 25.1 Å². The SMILES string of the molecule is CNNc1cc(C)nc2c(OCc3c(Cl)cc(C)nc3Cn3cccc(C(F)(F)F)c3=O)cccc12. The highest BCUT2D eigenvalue weighted by atomic mass is 35.5. The Labute approximate surface area is 209 Å². The highest BCUT2D eigenvalue weighted by Gasteiger charge is 2.34. The molecule has 36 heavy (non-hydrogen) atoms. The van der Waals surface area contributed by atoms with Crippen molar-refractivity contribution in [3.8, 4) is 5.75 Å². The van der Waals surface area contributed by atoms with Gasteiger partial charge in [0.25, 0.3) is 5.56 Å². The summed E-state index contributed by atoms with van der Waals surface area (Å²) in [7, 11) is 1.76. The molecule has 0 aliphatic heterocycles. The second-order valence-electron chi connectivity index (χ2n) is 8.15. The van der Waals surface area contributed by atoms with Crippen molar-refractivity contribution in [2.75, 3.05) is 12.5 Å². The van der Waals surface area contributed by atoms with Crippen molar-refractivity contribution >= 4 is 28.2 Å². The molecule has 0 aliphatic carbocycles. The molecule has 1 aromatic carbocycles. The first-order chi connectivity index (χ1) is 17.1. The van der Waals surface area contributed by atoms with Gasteiger partial charge in [0.15, 0.2) is 0 Å². The van der Waals surface area contributed by atoms with E-state index in [1.165, 1.54) is 12.3 Å². The number of hydrogen-bond acceptors (Lipinski definition) is 6. The number of ether oxygens (including phenoxy) is 1. The van der Waals surface area contributed by atoms with Crippen LogP contribution in [0.25, 0.3) is 10.9 Å². The fraction of sp³-hybridized carbons (Fsp3) is 0.240. The molecule has 3 aromatic heterocycles. The topological polar surface area (TPSA) is 81.1 Å². The van der Waals surface area contributed by atoms with Crippen LogP contribution < -0.4 is 21.1 Å². The van der Waals surface area contributed by atoms with Crippen molar-refractivity contribution in [3.05, 3.63) is 92.2 Å². The van der Waals surface area contributed by atoms with Crippen molar-refractivity contribution in [1.29, 1.82) is 0 Å². The normalized spacial score (nSPS) is 11.6. The Balaban J connectivity index is 1.70. The number of aryl methyl sites for hydroxylation is 2. The van der Waals surface area contributed by atoms with E-state index < -0.39 is 17.3 Å². The van der Waals surface area contributed by atoms with Gasteiger partial charge in [0.1, 0.15) is 23.4 Å². The molecule has 4 rings (SSSR count). The second kappa shape index (κ2) is 10.2. The number of rotatable bonds is 7. The number of hydrogen-bond donors (Lipinski definition) is 2. The maximum Gasteiger partial charge on any atom is 0.421 e. The molecular weight excluding hydrogens is 495 g/mol. The number of alkyl halides is 3. The highest BCUT2D eigenvalue weighted by molar-refractivity contribution is 6.31. The van der Waals surface area contributed by atoms with Crippen LogP contribution in [0.3, 0.4) is 0 Å². The van der Waals surface area contributed by atoms with Crippen LogP contribution in [0.4, 0.5) is 18.9 Å². The number of aromatic nitrogens is 3. The third-order valence-electron chi connectivity index (χ3n) is 5.49. The number of nitrogens with one attached hydrogen (secondary N) is 2. The van der Waals surface area contributed by atoms with E-state index in [0.717, 1.165) is 27.4 Å². The van der Waals surface area contributed by atoms with Gasteiger partial charge in [-0.1, -0.05) is 23.7 Å². The van der Waals surface area contributed by atoms with Crippen LogP contribution in [-0.4, -0.2) is 21.6 Å². The van der Waals surface area contributed by atoms with Gasteiger partial charge in [0.2, 0.25) is 0 Å². The van der Waals surface area contributed by atoms with Gasteiger partial charge in [-0.2, -0.15) is 13.2 Å². The fourth-order valence-electron chi connectivity index (χ4n) is 3.90. The molecular formula is C25H23ClF3N5O2. The predicted molar refractivity (Wildman–Crippen MR) is 132 cm³/mol. The molecule has 4 aromatic rings. The van der Waals surface area contributed by atoms with Crippen molar-refractivity contribution in [2.24, 2.45) is 0 Å². The van der Waals surface area contributed by atoms with Gasteiger partial charge in [-0.25, -0.2) is 10.4 Å². The van der Waals surface area contributed by atoms with Gasteiger partial charge in [-0.05, 0) is 44.2 Å². The summed E-state index contributed by atoms with van der Waals surface area (Å²) in [4.78, 5) is 21.5. The van der Waals surface area contributed by atoms with Crippen LogP contribution in [0, 0.1) is 13.8 Å². The van der Waals surface area contributed by atoms with Crippen LogP contribution in [0.1, 0.15) is 28.2 Å². The van der Waals surface area contributed by atoms with Crippen molar-refractivity contribution < 1.29 is 17.9 Å². The van der Waals surface area contributed by atoms with E-state index in [9.17, 15) is 18.0 Å². The molecule has 0 radical (unpaired) electrons. The van der Waals surface area contributed by atoms with Gasteiger partial charge >= 0.3 is 6.18 Å². The Bertz CT molecular complexity index is 1490. The first kappa shape index (κ1) is 25.5. The van der Waals surface area contributed by atoms with E-state index >= 15 is 0 Å². The van der Waals surface area contributed by atoms with Crippen LogP contribution in [0.15, 0.2) is 53.5 Å². The van der Waals surface area contributed by atoms with Gasteiger partial charge in [-0.3, -0.25) is 9.78 Å². The molecule has 0 saturated carbocycles. The van der Waals surface area contributed by atoms with Gasteiger partial charge in [0.05, 0.1) is 22.9 Å². The molecule has 0 atom stereocenters. The Morgan fingerprint density at radius 1 is 1.08 bits per heavy atom. The zero-order valence-electron chi connectivity index (χ0n) is 19.7. The summed E-state index contributed by atoms with van der Waals surface area (Å²) < 4.78 is 46.8. The van der Waals surface area contributed by atoms with E-state index in [0.29, 0.717) is 33.2 Å². The molecule has 188 valence electrons. The average molecular weight is 518 g/mol. The minimum Gasteiger partial charge on any atom is -0.486 e. The first-order valence-corrected chi connectivity index (χ1v) is 11.3. The van der Waals surface area contributed by atoms with Crippen LogP contribution in [-0.2, 0) is 19.3 Å². The van der Waals surface area contributed by atoms with E-state index in [-0.39, 0.29) is 13.2 Å². The minimum atomic E-state index is -4.76. The standard InChI is InChI=1S/C25H23ClF3N5O2/c1-14-10-19(26)17(21(31-14)12-34-9-5-7-18(24(34)35)25(27,28)29)13-36-22-8-4-6-16-20(33-30-3)11-15(2)32-23(16)22/h4-11,30H,12-13H2,1-3H3,(H,32,33). The summed E-state index contributed by atoms with van der Waals surface area (Å²) >= 11 is 6.50. The number of para-hydroxylation sites is 1. The van der Waals surface area contributed by atoms with Gasteiger partial charge in [0, 0.05) is 35.6 Å². The maximum atomic E-state index is 13.2. The Morgan fingerprint density at radius 2 is 1.83 bits per heavy atom. The number of fused-ring (bicyclic) bond motifs is 1. The summed E-state index contributed by atoms with van der Waals surface area (Å²) in [5, 5.41) is 1.16. The smallest absolute Gasteiger partial charge is 0.421 e. The zero-order chi connectivity index (χ0) is 26.0. The first-order valence-electron chi connectivity index (χ1n) is 11.0. The van der Waals surface area contributed by atoms with Crippen LogP contribution in [0.5, 0.6) is 5.75 Å². The summed E-state index contributed by atoms with van der Waals surface area (Å²) in [5.41, 5.74) is 7.15.